The highest BCUT2D eigenvalue weighted by molar-refractivity contribution is 5.89. The molecule has 7 heteroatoms. The molecule has 0 aliphatic rings. The van der Waals surface area contributed by atoms with E-state index in [-0.39, 0.29) is 23.6 Å². The summed E-state index contributed by atoms with van der Waals surface area (Å²) < 4.78 is 13.2. The minimum Gasteiger partial charge on any atom is -0.485 e. The van der Waals surface area contributed by atoms with Crippen LogP contribution < -0.4 is 15.0 Å². The molecule has 2 aromatic rings. The van der Waals surface area contributed by atoms with E-state index in [9.17, 15) is 14.9 Å². The number of rotatable bonds is 12. The lowest BCUT2D eigenvalue weighted by molar-refractivity contribution is -0.384. The Morgan fingerprint density at radius 3 is 2.47 bits per heavy atom. The number of nitrogens with zero attached hydrogens (tertiary/aromatic N) is 2. The van der Waals surface area contributed by atoms with Crippen LogP contribution in [0.2, 0.25) is 0 Å². The number of non-ortho nitro benzene ring substituents is 1. The Hall–Kier alpha value is -2.83. The van der Waals surface area contributed by atoms with Crippen molar-refractivity contribution in [3.05, 3.63) is 50.3 Å². The third-order valence-electron chi connectivity index (χ3n) is 4.97. The van der Waals surface area contributed by atoms with Crippen molar-refractivity contribution < 1.29 is 14.4 Å². The average Bonchev–Trinajstić information content (AvgIpc) is 2.71. The number of benzene rings is 1. The molecule has 7 nitrogen and oxygen atoms in total. The van der Waals surface area contributed by atoms with Crippen molar-refractivity contribution in [2.24, 2.45) is 7.05 Å². The monoisotopic (exact) mass is 416 g/mol. The maximum atomic E-state index is 13.0. The molecule has 1 aromatic heterocycles. The molecule has 2 rings (SSSR count). The summed E-state index contributed by atoms with van der Waals surface area (Å²) in [7, 11) is 1.59. The second-order valence-electron chi connectivity index (χ2n) is 7.69. The summed E-state index contributed by atoms with van der Waals surface area (Å²) in [4.78, 5) is 23.6. The number of hydrogen-bond acceptors (Lipinski definition) is 5. The van der Waals surface area contributed by atoms with Crippen molar-refractivity contribution in [3.63, 3.8) is 0 Å². The normalized spacial score (nSPS) is 10.8. The average molecular weight is 417 g/mol. The number of nitro benzene ring substituents is 1. The smallest absolute Gasteiger partial charge is 0.297 e. The first-order chi connectivity index (χ1) is 14.4. The molecule has 0 aliphatic heterocycles. The van der Waals surface area contributed by atoms with E-state index < -0.39 is 4.92 Å². The molecule has 164 valence electrons. The lowest BCUT2D eigenvalue weighted by Gasteiger charge is -2.16. The number of ether oxygens (including phenoxy) is 2. The lowest BCUT2D eigenvalue weighted by atomic mass is 10.1. The molecule has 30 heavy (non-hydrogen) atoms. The van der Waals surface area contributed by atoms with Crippen molar-refractivity contribution in [3.8, 4) is 11.5 Å². The molecule has 1 heterocycles. The molecule has 0 spiro atoms. The van der Waals surface area contributed by atoms with Gasteiger partial charge < -0.3 is 14.0 Å². The van der Waals surface area contributed by atoms with Gasteiger partial charge in [0.1, 0.15) is 6.61 Å². The van der Waals surface area contributed by atoms with Crippen LogP contribution in [-0.4, -0.2) is 22.7 Å². The molecule has 0 aliphatic carbocycles. The number of nitro groups is 1. The molecule has 0 saturated heterocycles. The van der Waals surface area contributed by atoms with Gasteiger partial charge in [0.2, 0.25) is 5.75 Å². The van der Waals surface area contributed by atoms with Gasteiger partial charge in [0.15, 0.2) is 5.75 Å². The van der Waals surface area contributed by atoms with Crippen LogP contribution in [0.5, 0.6) is 11.5 Å². The second kappa shape index (κ2) is 11.4. The molecule has 0 atom stereocenters. The topological polar surface area (TPSA) is 83.6 Å². The molecule has 0 amide bonds. The van der Waals surface area contributed by atoms with Crippen LogP contribution in [0, 0.1) is 10.1 Å². The van der Waals surface area contributed by atoms with Crippen LogP contribution in [0.4, 0.5) is 5.69 Å². The second-order valence-corrected chi connectivity index (χ2v) is 7.69. The first-order valence-corrected chi connectivity index (χ1v) is 10.6. The van der Waals surface area contributed by atoms with E-state index in [4.69, 9.17) is 9.47 Å². The summed E-state index contributed by atoms with van der Waals surface area (Å²) in [5.41, 5.74) is 1.09. The van der Waals surface area contributed by atoms with E-state index in [0.29, 0.717) is 23.3 Å². The predicted octanol–water partition coefficient (Wildman–Crippen LogP) is 5.53. The molecule has 0 N–H and O–H groups in total. The van der Waals surface area contributed by atoms with E-state index in [0.717, 1.165) is 24.8 Å². The summed E-state index contributed by atoms with van der Waals surface area (Å²) in [6, 6.07) is 4.42. The van der Waals surface area contributed by atoms with Gasteiger partial charge in [-0.05, 0) is 32.4 Å². The molecule has 0 bridgehead atoms. The van der Waals surface area contributed by atoms with E-state index in [1.54, 1.807) is 13.1 Å². The van der Waals surface area contributed by atoms with E-state index >= 15 is 0 Å². The fraction of sp³-hybridized carbons (Fsp3) is 0.522. The van der Waals surface area contributed by atoms with Crippen molar-refractivity contribution >= 4 is 16.6 Å². The number of aryl methyl sites for hydroxylation is 1. The van der Waals surface area contributed by atoms with E-state index in [1.165, 1.54) is 36.0 Å². The van der Waals surface area contributed by atoms with Crippen LogP contribution in [0.3, 0.4) is 0 Å². The van der Waals surface area contributed by atoms with Gasteiger partial charge in [-0.3, -0.25) is 14.9 Å². The van der Waals surface area contributed by atoms with Crippen molar-refractivity contribution in [1.29, 1.82) is 0 Å². The fourth-order valence-electron chi connectivity index (χ4n) is 3.20. The summed E-state index contributed by atoms with van der Waals surface area (Å²) in [5.74, 6) is 0.501. The highest BCUT2D eigenvalue weighted by Crippen LogP contribution is 2.34. The molecule has 0 unspecified atom stereocenters. The Bertz CT molecular complexity index is 958. The maximum Gasteiger partial charge on any atom is 0.297 e. The quantitative estimate of drug-likeness (QED) is 0.197. The summed E-state index contributed by atoms with van der Waals surface area (Å²) >= 11 is 0. The third kappa shape index (κ3) is 6.08. The Morgan fingerprint density at radius 2 is 1.80 bits per heavy atom. The van der Waals surface area contributed by atoms with Crippen LogP contribution in [-0.2, 0) is 7.05 Å². The van der Waals surface area contributed by atoms with Crippen molar-refractivity contribution in [2.45, 2.75) is 59.3 Å². The maximum absolute atomic E-state index is 13.0. The first kappa shape index (κ1) is 23.4. The number of pyridine rings is 1. The number of allylic oxidation sites excluding steroid dienone is 1. The summed E-state index contributed by atoms with van der Waals surface area (Å²) in [6.07, 6.45) is 8.62. The van der Waals surface area contributed by atoms with Gasteiger partial charge in [-0.2, -0.15) is 0 Å². The fourth-order valence-corrected chi connectivity index (χ4v) is 3.20. The largest absolute Gasteiger partial charge is 0.485 e. The molecule has 0 radical (unpaired) electrons. The van der Waals surface area contributed by atoms with E-state index in [2.05, 4.69) is 6.92 Å². The zero-order valence-electron chi connectivity index (χ0n) is 18.4. The van der Waals surface area contributed by atoms with Gasteiger partial charge in [-0.1, -0.05) is 44.6 Å². The van der Waals surface area contributed by atoms with Crippen LogP contribution in [0.15, 0.2) is 34.6 Å². The number of hydrogen-bond donors (Lipinski definition) is 0. The number of aromatic nitrogens is 1. The predicted molar refractivity (Wildman–Crippen MR) is 120 cm³/mol. The highest BCUT2D eigenvalue weighted by Gasteiger charge is 2.20. The van der Waals surface area contributed by atoms with Crippen LogP contribution >= 0.6 is 0 Å². The molecular weight excluding hydrogens is 384 g/mol. The van der Waals surface area contributed by atoms with E-state index in [1.807, 2.05) is 19.9 Å². The Morgan fingerprint density at radius 1 is 1.10 bits per heavy atom. The molecule has 0 fully saturated rings. The number of unbranched alkanes of at least 4 members (excludes halogenated alkanes) is 5. The van der Waals surface area contributed by atoms with Crippen molar-refractivity contribution in [1.82, 2.24) is 4.57 Å². The molecule has 1 aromatic carbocycles. The van der Waals surface area contributed by atoms with Crippen molar-refractivity contribution in [2.75, 3.05) is 13.2 Å². The van der Waals surface area contributed by atoms with Gasteiger partial charge in [0.25, 0.3) is 11.2 Å². The molecule has 0 saturated carbocycles. The molecular formula is C23H32N2O5. The number of fused-ring (bicyclic) bond motifs is 1. The minimum absolute atomic E-state index is 0.0755. The Kier molecular flexibility index (Phi) is 8.89. The lowest BCUT2D eigenvalue weighted by Crippen LogP contribution is -2.21. The van der Waals surface area contributed by atoms with Gasteiger partial charge in [-0.15, -0.1) is 0 Å². The van der Waals surface area contributed by atoms with Gasteiger partial charge in [-0.25, -0.2) is 0 Å². The highest BCUT2D eigenvalue weighted by atomic mass is 16.6. The third-order valence-corrected chi connectivity index (χ3v) is 4.97. The first-order valence-electron chi connectivity index (χ1n) is 10.6. The van der Waals surface area contributed by atoms with Gasteiger partial charge >= 0.3 is 0 Å². The Balaban J connectivity index is 2.34. The Labute approximate surface area is 177 Å². The zero-order chi connectivity index (χ0) is 22.1. The van der Waals surface area contributed by atoms with Crippen LogP contribution in [0.25, 0.3) is 10.9 Å². The van der Waals surface area contributed by atoms with Gasteiger partial charge in [0, 0.05) is 24.6 Å². The summed E-state index contributed by atoms with van der Waals surface area (Å²) in [5, 5.41) is 11.8. The SMILES string of the molecule is CCCCCCCCOc1c(OCC=C(C)C)c2ccc([N+](=O)[O-])cc2n(C)c1=O. The standard InChI is InChI=1S/C23H32N2O5/c1-5-6-7-8-9-10-14-29-22-21(30-15-13-17(2)3)19-12-11-18(25(27)28)16-20(19)24(4)23(22)26/h11-13,16H,5-10,14-15H2,1-4H3. The minimum atomic E-state index is -0.476. The van der Waals surface area contributed by atoms with Gasteiger partial charge in [0.05, 0.1) is 17.0 Å². The van der Waals surface area contributed by atoms with Crippen LogP contribution in [0.1, 0.15) is 59.3 Å². The summed E-state index contributed by atoms with van der Waals surface area (Å²) in [6.45, 7) is 6.83. The zero-order valence-corrected chi connectivity index (χ0v) is 18.4.